The van der Waals surface area contributed by atoms with Gasteiger partial charge in [-0.25, -0.2) is 9.79 Å². The fourth-order valence-corrected chi connectivity index (χ4v) is 3.95. The third kappa shape index (κ3) is 4.38. The summed E-state index contributed by atoms with van der Waals surface area (Å²) in [7, 11) is 1.41. The molecule has 1 aliphatic heterocycles. The smallest absolute Gasteiger partial charge is 0.335 e. The molecule has 0 aliphatic carbocycles. The third-order valence-electron chi connectivity index (χ3n) is 4.09. The number of carbonyl (C=O) groups is 2. The monoisotopic (exact) mass is 432 g/mol. The van der Waals surface area contributed by atoms with Crippen LogP contribution in [0.25, 0.3) is 6.08 Å². The number of phenols is 1. The Morgan fingerprint density at radius 2 is 2.10 bits per heavy atom. The predicted molar refractivity (Wildman–Crippen MR) is 113 cm³/mol. The maximum Gasteiger partial charge on any atom is 0.335 e. The van der Waals surface area contributed by atoms with Crippen LogP contribution in [-0.4, -0.2) is 45.8 Å². The van der Waals surface area contributed by atoms with Gasteiger partial charge in [0.15, 0.2) is 16.7 Å². The number of nitrogens with zero attached hydrogens (tertiary/aromatic N) is 2. The second kappa shape index (κ2) is 8.59. The molecule has 150 valence electrons. The summed E-state index contributed by atoms with van der Waals surface area (Å²) >= 11 is 7.19. The van der Waals surface area contributed by atoms with E-state index in [0.29, 0.717) is 27.9 Å². The van der Waals surface area contributed by atoms with Crippen LogP contribution in [-0.2, 0) is 4.79 Å². The first-order valence-electron chi connectivity index (χ1n) is 8.54. The predicted octanol–water partition coefficient (Wildman–Crippen LogP) is 4.38. The molecule has 3 rings (SSSR count). The Hall–Kier alpha value is -2.97. The lowest BCUT2D eigenvalue weighted by Crippen LogP contribution is -2.28. The minimum atomic E-state index is -1.05. The van der Waals surface area contributed by atoms with Gasteiger partial charge in [-0.3, -0.25) is 9.69 Å². The average molecular weight is 433 g/mol. The van der Waals surface area contributed by atoms with E-state index in [0.717, 1.165) is 0 Å². The lowest BCUT2D eigenvalue weighted by Gasteiger charge is -2.12. The van der Waals surface area contributed by atoms with Gasteiger partial charge in [-0.05, 0) is 60.7 Å². The number of carboxylic acids is 1. The molecule has 1 saturated heterocycles. The van der Waals surface area contributed by atoms with Crippen molar-refractivity contribution < 1.29 is 24.5 Å². The fourth-order valence-electron chi connectivity index (χ4n) is 2.67. The number of carboxylic acid groups (broad SMARTS) is 1. The van der Waals surface area contributed by atoms with Gasteiger partial charge in [0.25, 0.3) is 5.91 Å². The maximum absolute atomic E-state index is 12.8. The van der Waals surface area contributed by atoms with Gasteiger partial charge in [-0.1, -0.05) is 17.7 Å². The van der Waals surface area contributed by atoms with E-state index in [2.05, 4.69) is 4.99 Å². The summed E-state index contributed by atoms with van der Waals surface area (Å²) in [6, 6.07) is 9.29. The molecule has 9 heteroatoms. The molecule has 1 fully saturated rings. The van der Waals surface area contributed by atoms with Crippen molar-refractivity contribution in [2.75, 3.05) is 13.7 Å². The average Bonchev–Trinajstić information content (AvgIpc) is 2.98. The molecular weight excluding hydrogens is 416 g/mol. The van der Waals surface area contributed by atoms with Crippen LogP contribution >= 0.6 is 23.4 Å². The number of benzene rings is 2. The van der Waals surface area contributed by atoms with Crippen molar-refractivity contribution in [3.63, 3.8) is 0 Å². The molecule has 0 bridgehead atoms. The number of carbonyl (C=O) groups excluding carboxylic acids is 1. The van der Waals surface area contributed by atoms with E-state index in [1.54, 1.807) is 24.3 Å². The molecule has 0 atom stereocenters. The Kier molecular flexibility index (Phi) is 6.14. The zero-order chi connectivity index (χ0) is 21.1. The zero-order valence-electron chi connectivity index (χ0n) is 15.5. The van der Waals surface area contributed by atoms with Crippen molar-refractivity contribution >= 4 is 52.2 Å². The number of aliphatic imine (C=N–C) groups is 1. The molecule has 7 nitrogen and oxygen atoms in total. The van der Waals surface area contributed by atoms with E-state index in [9.17, 15) is 14.7 Å². The standard InChI is InChI=1S/C20H17ClN2O5S/c1-3-23-18(25)16(9-11-7-14(21)17(24)15(8-11)28-2)29-20(23)22-13-6-4-5-12(10-13)19(26)27/h4-10,24H,3H2,1-2H3,(H,26,27)/b16-9-,22-20?. The number of halogens is 1. The van der Waals surface area contributed by atoms with Crippen molar-refractivity contribution in [3.05, 3.63) is 57.5 Å². The van der Waals surface area contributed by atoms with E-state index in [1.807, 2.05) is 6.92 Å². The SMILES string of the molecule is CCN1C(=O)/C(=C/c2cc(Cl)c(O)c(OC)c2)SC1=Nc1cccc(C(=O)O)c1. The number of thioether (sulfide) groups is 1. The first-order valence-corrected chi connectivity index (χ1v) is 9.73. The first kappa shape index (κ1) is 20.8. The highest BCUT2D eigenvalue weighted by molar-refractivity contribution is 8.18. The maximum atomic E-state index is 12.8. The molecule has 0 spiro atoms. The number of amidine groups is 1. The lowest BCUT2D eigenvalue weighted by molar-refractivity contribution is -0.122. The zero-order valence-corrected chi connectivity index (χ0v) is 17.1. The van der Waals surface area contributed by atoms with Crippen LogP contribution in [0.1, 0.15) is 22.8 Å². The highest BCUT2D eigenvalue weighted by Gasteiger charge is 2.32. The van der Waals surface area contributed by atoms with Gasteiger partial charge in [0.05, 0.1) is 28.3 Å². The van der Waals surface area contributed by atoms with Crippen LogP contribution in [0.15, 0.2) is 46.3 Å². The summed E-state index contributed by atoms with van der Waals surface area (Å²) in [5.74, 6) is -1.24. The van der Waals surface area contributed by atoms with Crippen molar-refractivity contribution in [1.29, 1.82) is 0 Å². The second-order valence-electron chi connectivity index (χ2n) is 5.96. The van der Waals surface area contributed by atoms with Crippen LogP contribution in [0.4, 0.5) is 5.69 Å². The minimum absolute atomic E-state index is 0.110. The molecule has 0 saturated carbocycles. The number of phenolic OH excluding ortho intramolecular Hbond substituents is 1. The molecule has 2 aromatic carbocycles. The van der Waals surface area contributed by atoms with Crippen molar-refractivity contribution in [1.82, 2.24) is 4.90 Å². The van der Waals surface area contributed by atoms with Gasteiger partial charge in [0.1, 0.15) is 0 Å². The normalized spacial score (nSPS) is 16.7. The molecule has 2 N–H and O–H groups in total. The Labute approximate surface area is 176 Å². The summed E-state index contributed by atoms with van der Waals surface area (Å²) in [6.07, 6.45) is 1.64. The number of aromatic carboxylic acids is 1. The summed E-state index contributed by atoms with van der Waals surface area (Å²) in [5, 5.41) is 19.6. The van der Waals surface area contributed by atoms with Gasteiger partial charge >= 0.3 is 5.97 Å². The highest BCUT2D eigenvalue weighted by Crippen LogP contribution is 2.38. The second-order valence-corrected chi connectivity index (χ2v) is 7.38. The van der Waals surface area contributed by atoms with E-state index in [1.165, 1.54) is 42.0 Å². The molecular formula is C20H17ClN2O5S. The summed E-state index contributed by atoms with van der Waals surface area (Å²) < 4.78 is 5.09. The number of amides is 1. The lowest BCUT2D eigenvalue weighted by atomic mass is 10.2. The minimum Gasteiger partial charge on any atom is -0.503 e. The van der Waals surface area contributed by atoms with Crippen molar-refractivity contribution in [3.8, 4) is 11.5 Å². The van der Waals surface area contributed by atoms with Crippen molar-refractivity contribution in [2.24, 2.45) is 4.99 Å². The number of hydrogen-bond acceptors (Lipinski definition) is 6. The van der Waals surface area contributed by atoms with Gasteiger partial charge < -0.3 is 14.9 Å². The number of aromatic hydroxyl groups is 1. The van der Waals surface area contributed by atoms with Crippen LogP contribution in [0.5, 0.6) is 11.5 Å². The van der Waals surface area contributed by atoms with Gasteiger partial charge in [0, 0.05) is 6.54 Å². The fraction of sp³-hybridized carbons (Fsp3) is 0.150. The van der Waals surface area contributed by atoms with Gasteiger partial charge in [-0.2, -0.15) is 0 Å². The van der Waals surface area contributed by atoms with Crippen LogP contribution < -0.4 is 4.74 Å². The van der Waals surface area contributed by atoms with Gasteiger partial charge in [-0.15, -0.1) is 0 Å². The number of methoxy groups -OCH3 is 1. The number of rotatable bonds is 5. The number of likely N-dealkylation sites (N-methyl/N-ethyl adjacent to an activating group) is 1. The molecule has 2 aromatic rings. The largest absolute Gasteiger partial charge is 0.503 e. The first-order chi connectivity index (χ1) is 13.8. The summed E-state index contributed by atoms with van der Waals surface area (Å²) in [5.41, 5.74) is 1.14. The van der Waals surface area contributed by atoms with E-state index >= 15 is 0 Å². The molecule has 0 unspecified atom stereocenters. The molecule has 1 amide bonds. The third-order valence-corrected chi connectivity index (χ3v) is 5.39. The van der Waals surface area contributed by atoms with E-state index in [-0.39, 0.29) is 28.0 Å². The molecule has 0 aromatic heterocycles. The Morgan fingerprint density at radius 1 is 1.34 bits per heavy atom. The van der Waals surface area contributed by atoms with Crippen LogP contribution in [0.3, 0.4) is 0 Å². The van der Waals surface area contributed by atoms with Gasteiger partial charge in [0.2, 0.25) is 0 Å². The topological polar surface area (TPSA) is 99.4 Å². The Bertz CT molecular complexity index is 1050. The van der Waals surface area contributed by atoms with E-state index in [4.69, 9.17) is 21.4 Å². The summed E-state index contributed by atoms with van der Waals surface area (Å²) in [6.45, 7) is 2.23. The quantitative estimate of drug-likeness (QED) is 0.680. The molecule has 1 heterocycles. The van der Waals surface area contributed by atoms with Crippen LogP contribution in [0.2, 0.25) is 5.02 Å². The summed E-state index contributed by atoms with van der Waals surface area (Å²) in [4.78, 5) is 30.3. The number of hydrogen-bond donors (Lipinski definition) is 2. The highest BCUT2D eigenvalue weighted by atomic mass is 35.5. The van der Waals surface area contributed by atoms with E-state index < -0.39 is 5.97 Å². The molecule has 0 radical (unpaired) electrons. The Morgan fingerprint density at radius 3 is 2.76 bits per heavy atom. The van der Waals surface area contributed by atoms with Crippen LogP contribution in [0, 0.1) is 0 Å². The molecule has 29 heavy (non-hydrogen) atoms. The number of ether oxygens (including phenoxy) is 1. The van der Waals surface area contributed by atoms with Crippen molar-refractivity contribution in [2.45, 2.75) is 6.92 Å². The molecule has 1 aliphatic rings. The Balaban J connectivity index is 1.97.